The number of ether oxygens (including phenoxy) is 2. The van der Waals surface area contributed by atoms with Crippen LogP contribution in [0.1, 0.15) is 6.92 Å². The molecule has 5 nitrogen and oxygen atoms in total. The lowest BCUT2D eigenvalue weighted by atomic mass is 10.1. The molecule has 5 heteroatoms. The summed E-state index contributed by atoms with van der Waals surface area (Å²) in [5, 5.41) is 2.75. The number of benzene rings is 1. The van der Waals surface area contributed by atoms with Gasteiger partial charge in [-0.05, 0) is 33.2 Å². The Morgan fingerprint density at radius 1 is 1.24 bits per heavy atom. The Kier molecular flexibility index (Phi) is 5.07. The van der Waals surface area contributed by atoms with E-state index in [4.69, 9.17) is 9.47 Å². The lowest BCUT2D eigenvalue weighted by Crippen LogP contribution is -2.49. The molecule has 1 N–H and O–H groups in total. The van der Waals surface area contributed by atoms with Gasteiger partial charge in [0.25, 0.3) is 5.91 Å². The van der Waals surface area contributed by atoms with Gasteiger partial charge in [0, 0.05) is 0 Å². The van der Waals surface area contributed by atoms with E-state index in [2.05, 4.69) is 17.2 Å². The molecule has 21 heavy (non-hydrogen) atoms. The number of hydrogen-bond acceptors (Lipinski definition) is 4. The number of rotatable bonds is 3. The molecule has 1 amide bonds. The molecular formula is C16H20N2O3. The van der Waals surface area contributed by atoms with E-state index in [1.807, 2.05) is 44.1 Å². The Balaban J connectivity index is 1.89. The Morgan fingerprint density at radius 2 is 1.90 bits per heavy atom. The molecule has 2 atom stereocenters. The topological polar surface area (TPSA) is 50.8 Å². The second-order valence-electron chi connectivity index (χ2n) is 5.12. The van der Waals surface area contributed by atoms with E-state index < -0.39 is 6.10 Å². The lowest BCUT2D eigenvalue weighted by molar-refractivity contribution is -0.133. The fourth-order valence-corrected chi connectivity index (χ4v) is 1.91. The number of amides is 1. The van der Waals surface area contributed by atoms with Crippen molar-refractivity contribution in [1.29, 1.82) is 0 Å². The van der Waals surface area contributed by atoms with Crippen LogP contribution in [0.4, 0.5) is 0 Å². The number of fused-ring (bicyclic) bond motifs is 1. The van der Waals surface area contributed by atoms with E-state index in [1.165, 1.54) is 0 Å². The standard InChI is InChI=1S/C16H20N2O3/c1-12-15(16(19)17-10-6-7-11-18(2)3)21-14-9-5-4-8-13(14)20-12/h4-5,8-9,12,15H,10-11H2,1-3H3,(H,17,19). The van der Waals surface area contributed by atoms with Gasteiger partial charge in [-0.2, -0.15) is 0 Å². The van der Waals surface area contributed by atoms with Crippen molar-refractivity contribution in [3.05, 3.63) is 24.3 Å². The molecule has 1 aromatic rings. The monoisotopic (exact) mass is 288 g/mol. The predicted octanol–water partition coefficient (Wildman–Crippen LogP) is 0.896. The first-order valence-electron chi connectivity index (χ1n) is 6.88. The average molecular weight is 288 g/mol. The maximum absolute atomic E-state index is 12.1. The molecule has 0 fully saturated rings. The summed E-state index contributed by atoms with van der Waals surface area (Å²) in [5.74, 6) is 6.91. The van der Waals surface area contributed by atoms with Crippen LogP contribution in [-0.2, 0) is 4.79 Å². The van der Waals surface area contributed by atoms with Crippen LogP contribution in [0.5, 0.6) is 11.5 Å². The third-order valence-corrected chi connectivity index (χ3v) is 2.97. The number of nitrogens with zero attached hydrogens (tertiary/aromatic N) is 1. The zero-order chi connectivity index (χ0) is 15.2. The minimum absolute atomic E-state index is 0.212. The fourth-order valence-electron chi connectivity index (χ4n) is 1.91. The van der Waals surface area contributed by atoms with Crippen LogP contribution in [0.2, 0.25) is 0 Å². The lowest BCUT2D eigenvalue weighted by Gasteiger charge is -2.30. The highest BCUT2D eigenvalue weighted by Gasteiger charge is 2.33. The number of hydrogen-bond donors (Lipinski definition) is 1. The molecule has 2 rings (SSSR count). The van der Waals surface area contributed by atoms with Crippen molar-refractivity contribution in [2.75, 3.05) is 27.2 Å². The van der Waals surface area contributed by atoms with Crippen LogP contribution < -0.4 is 14.8 Å². The van der Waals surface area contributed by atoms with Crippen molar-refractivity contribution in [3.63, 3.8) is 0 Å². The van der Waals surface area contributed by atoms with Gasteiger partial charge in [0.2, 0.25) is 6.10 Å². The van der Waals surface area contributed by atoms with Crippen LogP contribution in [0.25, 0.3) is 0 Å². The van der Waals surface area contributed by atoms with Crippen molar-refractivity contribution in [3.8, 4) is 23.3 Å². The number of carbonyl (C=O) groups excluding carboxylic acids is 1. The van der Waals surface area contributed by atoms with Gasteiger partial charge in [-0.3, -0.25) is 9.69 Å². The maximum Gasteiger partial charge on any atom is 0.265 e. The van der Waals surface area contributed by atoms with Gasteiger partial charge in [-0.15, -0.1) is 0 Å². The fraction of sp³-hybridized carbons (Fsp3) is 0.438. The molecule has 0 aliphatic carbocycles. The van der Waals surface area contributed by atoms with Gasteiger partial charge in [0.15, 0.2) is 11.5 Å². The second kappa shape index (κ2) is 7.00. The molecule has 1 aliphatic rings. The molecule has 2 unspecified atom stereocenters. The van der Waals surface area contributed by atoms with E-state index in [0.29, 0.717) is 24.6 Å². The smallest absolute Gasteiger partial charge is 0.265 e. The first kappa shape index (κ1) is 15.2. The van der Waals surface area contributed by atoms with Gasteiger partial charge in [0.05, 0.1) is 13.1 Å². The van der Waals surface area contributed by atoms with Crippen LogP contribution in [0.3, 0.4) is 0 Å². The molecule has 0 saturated heterocycles. The highest BCUT2D eigenvalue weighted by molar-refractivity contribution is 5.82. The molecule has 0 bridgehead atoms. The molecule has 1 aromatic carbocycles. The molecule has 0 spiro atoms. The van der Waals surface area contributed by atoms with Gasteiger partial charge >= 0.3 is 0 Å². The van der Waals surface area contributed by atoms with Crippen molar-refractivity contribution >= 4 is 5.91 Å². The van der Waals surface area contributed by atoms with Crippen molar-refractivity contribution in [1.82, 2.24) is 10.2 Å². The SMILES string of the molecule is CC1Oc2ccccc2OC1C(=O)NCC#CCN(C)C. The molecule has 0 aromatic heterocycles. The maximum atomic E-state index is 12.1. The third-order valence-electron chi connectivity index (χ3n) is 2.97. The summed E-state index contributed by atoms with van der Waals surface area (Å²) in [5.41, 5.74) is 0. The highest BCUT2D eigenvalue weighted by atomic mass is 16.6. The normalized spacial score (nSPS) is 19.6. The summed E-state index contributed by atoms with van der Waals surface area (Å²) < 4.78 is 11.4. The zero-order valence-electron chi connectivity index (χ0n) is 12.6. The summed E-state index contributed by atoms with van der Waals surface area (Å²) in [6.45, 7) is 2.79. The summed E-state index contributed by atoms with van der Waals surface area (Å²) in [7, 11) is 3.89. The van der Waals surface area contributed by atoms with Crippen LogP contribution in [-0.4, -0.2) is 50.2 Å². The Morgan fingerprint density at radius 3 is 2.57 bits per heavy atom. The minimum atomic E-state index is -0.657. The number of nitrogens with one attached hydrogen (secondary N) is 1. The Hall–Kier alpha value is -2.19. The van der Waals surface area contributed by atoms with Crippen molar-refractivity contribution in [2.45, 2.75) is 19.1 Å². The first-order chi connectivity index (χ1) is 10.1. The zero-order valence-corrected chi connectivity index (χ0v) is 12.6. The average Bonchev–Trinajstić information content (AvgIpc) is 2.45. The quantitative estimate of drug-likeness (QED) is 0.840. The van der Waals surface area contributed by atoms with Crippen LogP contribution >= 0.6 is 0 Å². The molecule has 112 valence electrons. The molecular weight excluding hydrogens is 268 g/mol. The minimum Gasteiger partial charge on any atom is -0.482 e. The summed E-state index contributed by atoms with van der Waals surface area (Å²) >= 11 is 0. The van der Waals surface area contributed by atoms with Gasteiger partial charge < -0.3 is 14.8 Å². The Labute approximate surface area is 125 Å². The third kappa shape index (κ3) is 4.14. The van der Waals surface area contributed by atoms with Crippen molar-refractivity contribution in [2.24, 2.45) is 0 Å². The predicted molar refractivity (Wildman–Crippen MR) is 80.3 cm³/mol. The van der Waals surface area contributed by atoms with Gasteiger partial charge in [0.1, 0.15) is 6.10 Å². The van der Waals surface area contributed by atoms with E-state index in [0.717, 1.165) is 0 Å². The second-order valence-corrected chi connectivity index (χ2v) is 5.12. The largest absolute Gasteiger partial charge is 0.482 e. The van der Waals surface area contributed by atoms with E-state index in [1.54, 1.807) is 6.07 Å². The summed E-state index contributed by atoms with van der Waals surface area (Å²) in [6.07, 6.45) is -0.995. The van der Waals surface area contributed by atoms with Crippen LogP contribution in [0, 0.1) is 11.8 Å². The van der Waals surface area contributed by atoms with E-state index >= 15 is 0 Å². The molecule has 1 heterocycles. The summed E-state index contributed by atoms with van der Waals surface area (Å²) in [4.78, 5) is 14.1. The van der Waals surface area contributed by atoms with Crippen LogP contribution in [0.15, 0.2) is 24.3 Å². The summed E-state index contributed by atoms with van der Waals surface area (Å²) in [6, 6.07) is 7.33. The molecule has 0 saturated carbocycles. The highest BCUT2D eigenvalue weighted by Crippen LogP contribution is 2.33. The molecule has 1 aliphatic heterocycles. The Bertz CT molecular complexity index is 560. The van der Waals surface area contributed by atoms with E-state index in [9.17, 15) is 4.79 Å². The first-order valence-corrected chi connectivity index (χ1v) is 6.88. The van der Waals surface area contributed by atoms with Gasteiger partial charge in [-0.25, -0.2) is 0 Å². The van der Waals surface area contributed by atoms with Crippen molar-refractivity contribution < 1.29 is 14.3 Å². The van der Waals surface area contributed by atoms with E-state index in [-0.39, 0.29) is 12.0 Å². The number of para-hydroxylation sites is 2. The van der Waals surface area contributed by atoms with Gasteiger partial charge in [-0.1, -0.05) is 24.0 Å². The molecule has 0 radical (unpaired) electrons. The number of carbonyl (C=O) groups is 1.